The van der Waals surface area contributed by atoms with Gasteiger partial charge in [0.05, 0.1) is 12.7 Å². The van der Waals surface area contributed by atoms with Crippen molar-refractivity contribution in [3.63, 3.8) is 0 Å². The van der Waals surface area contributed by atoms with Crippen molar-refractivity contribution in [2.75, 3.05) is 12.4 Å². The maximum atomic E-state index is 12.2. The van der Waals surface area contributed by atoms with Gasteiger partial charge in [0.1, 0.15) is 17.4 Å². The summed E-state index contributed by atoms with van der Waals surface area (Å²) in [4.78, 5) is 23.0. The minimum Gasteiger partial charge on any atom is -0.496 e. The molecule has 2 N–H and O–H groups in total. The lowest BCUT2D eigenvalue weighted by molar-refractivity contribution is -0.112. The summed E-state index contributed by atoms with van der Waals surface area (Å²) >= 11 is 0. The Bertz CT molecular complexity index is 833. The van der Waals surface area contributed by atoms with E-state index in [4.69, 9.17) is 9.84 Å². The molecule has 24 heavy (non-hydrogen) atoms. The number of hydrogen-bond acceptors (Lipinski definition) is 4. The van der Waals surface area contributed by atoms with Crippen molar-refractivity contribution in [2.45, 2.75) is 0 Å². The Morgan fingerprint density at radius 2 is 1.83 bits per heavy atom. The SMILES string of the molecule is COc1ccccc1C=C(C#N)C(=O)Nc1ccc(C(=O)O)cc1. The number of anilines is 1. The highest BCUT2D eigenvalue weighted by molar-refractivity contribution is 6.10. The summed E-state index contributed by atoms with van der Waals surface area (Å²) in [5.41, 5.74) is 1.01. The van der Waals surface area contributed by atoms with E-state index in [0.29, 0.717) is 17.0 Å². The Balaban J connectivity index is 2.21. The van der Waals surface area contributed by atoms with Crippen LogP contribution in [0.1, 0.15) is 15.9 Å². The average Bonchev–Trinajstić information content (AvgIpc) is 2.60. The number of carboxylic acids is 1. The number of rotatable bonds is 5. The minimum absolute atomic E-state index is 0.0955. The van der Waals surface area contributed by atoms with E-state index in [9.17, 15) is 14.9 Å². The van der Waals surface area contributed by atoms with Crippen molar-refractivity contribution in [2.24, 2.45) is 0 Å². The molecule has 0 aliphatic rings. The molecule has 6 nitrogen and oxygen atoms in total. The Morgan fingerprint density at radius 1 is 1.17 bits per heavy atom. The molecule has 1 amide bonds. The van der Waals surface area contributed by atoms with Crippen molar-refractivity contribution in [1.29, 1.82) is 5.26 Å². The van der Waals surface area contributed by atoms with Crippen LogP contribution in [0.5, 0.6) is 5.75 Å². The lowest BCUT2D eigenvalue weighted by Crippen LogP contribution is -2.13. The third-order valence-electron chi connectivity index (χ3n) is 3.19. The number of amides is 1. The third kappa shape index (κ3) is 3.99. The van der Waals surface area contributed by atoms with E-state index in [1.54, 1.807) is 24.3 Å². The molecule has 0 aliphatic carbocycles. The highest BCUT2D eigenvalue weighted by Crippen LogP contribution is 2.21. The zero-order chi connectivity index (χ0) is 17.5. The zero-order valence-electron chi connectivity index (χ0n) is 12.8. The number of carboxylic acid groups (broad SMARTS) is 1. The van der Waals surface area contributed by atoms with Crippen LogP contribution < -0.4 is 10.1 Å². The van der Waals surface area contributed by atoms with Gasteiger partial charge in [-0.3, -0.25) is 4.79 Å². The van der Waals surface area contributed by atoms with Crippen LogP contribution in [0.3, 0.4) is 0 Å². The minimum atomic E-state index is -1.05. The van der Waals surface area contributed by atoms with Crippen LogP contribution >= 0.6 is 0 Å². The van der Waals surface area contributed by atoms with Gasteiger partial charge in [0.2, 0.25) is 0 Å². The third-order valence-corrected chi connectivity index (χ3v) is 3.19. The summed E-state index contributed by atoms with van der Waals surface area (Å²) in [6.45, 7) is 0. The molecule has 120 valence electrons. The number of hydrogen-bond donors (Lipinski definition) is 2. The molecule has 0 heterocycles. The predicted molar refractivity (Wildman–Crippen MR) is 88.6 cm³/mol. The van der Waals surface area contributed by atoms with Crippen molar-refractivity contribution in [3.8, 4) is 11.8 Å². The van der Waals surface area contributed by atoms with Crippen LogP contribution in [0.15, 0.2) is 54.1 Å². The number of carbonyl (C=O) groups is 2. The van der Waals surface area contributed by atoms with E-state index in [2.05, 4.69) is 5.32 Å². The Morgan fingerprint density at radius 3 is 2.42 bits per heavy atom. The number of nitriles is 1. The van der Waals surface area contributed by atoms with Gasteiger partial charge in [-0.15, -0.1) is 0 Å². The number of nitrogens with one attached hydrogen (secondary N) is 1. The standard InChI is InChI=1S/C18H14N2O4/c1-24-16-5-3-2-4-13(16)10-14(11-19)17(21)20-15-8-6-12(7-9-15)18(22)23/h2-10H,1H3,(H,20,21)(H,22,23). The van der Waals surface area contributed by atoms with Crippen molar-refractivity contribution < 1.29 is 19.4 Å². The molecule has 6 heteroatoms. The molecular formula is C18H14N2O4. The van der Waals surface area contributed by atoms with Crippen LogP contribution in [0.4, 0.5) is 5.69 Å². The van der Waals surface area contributed by atoms with Gasteiger partial charge in [0.15, 0.2) is 0 Å². The van der Waals surface area contributed by atoms with E-state index in [1.165, 1.54) is 37.5 Å². The molecule has 2 rings (SSSR count). The van der Waals surface area contributed by atoms with Gasteiger partial charge in [-0.05, 0) is 36.4 Å². The number of para-hydroxylation sites is 1. The van der Waals surface area contributed by atoms with Gasteiger partial charge in [-0.1, -0.05) is 18.2 Å². The molecule has 0 aromatic heterocycles. The molecule has 0 saturated heterocycles. The van der Waals surface area contributed by atoms with Crippen molar-refractivity contribution >= 4 is 23.6 Å². The molecule has 0 saturated carbocycles. The summed E-state index contributed by atoms with van der Waals surface area (Å²) in [6, 6.07) is 14.5. The second-order valence-corrected chi connectivity index (χ2v) is 4.75. The van der Waals surface area contributed by atoms with Gasteiger partial charge in [0.25, 0.3) is 5.91 Å². The second-order valence-electron chi connectivity index (χ2n) is 4.75. The van der Waals surface area contributed by atoms with Gasteiger partial charge >= 0.3 is 5.97 Å². The molecule has 0 bridgehead atoms. The molecular weight excluding hydrogens is 308 g/mol. The van der Waals surface area contributed by atoms with Gasteiger partial charge in [-0.25, -0.2) is 4.79 Å². The fraction of sp³-hybridized carbons (Fsp3) is 0.0556. The van der Waals surface area contributed by atoms with Crippen molar-refractivity contribution in [1.82, 2.24) is 0 Å². The Labute approximate surface area is 138 Å². The summed E-state index contributed by atoms with van der Waals surface area (Å²) in [7, 11) is 1.50. The molecule has 2 aromatic carbocycles. The number of benzene rings is 2. The first-order valence-electron chi connectivity index (χ1n) is 6.94. The van der Waals surface area contributed by atoms with E-state index in [-0.39, 0.29) is 11.1 Å². The molecule has 0 aliphatic heterocycles. The number of carbonyl (C=O) groups excluding carboxylic acids is 1. The van der Waals surface area contributed by atoms with Crippen LogP contribution in [0, 0.1) is 11.3 Å². The van der Waals surface area contributed by atoms with Gasteiger partial charge < -0.3 is 15.2 Å². The smallest absolute Gasteiger partial charge is 0.335 e. The first kappa shape index (κ1) is 16.8. The zero-order valence-corrected chi connectivity index (χ0v) is 12.8. The number of nitrogens with zero attached hydrogens (tertiary/aromatic N) is 1. The molecule has 0 spiro atoms. The maximum absolute atomic E-state index is 12.2. The molecule has 0 unspecified atom stereocenters. The molecule has 0 radical (unpaired) electrons. The fourth-order valence-electron chi connectivity index (χ4n) is 1.98. The summed E-state index contributed by atoms with van der Waals surface area (Å²) in [5.74, 6) is -1.10. The normalized spacial score (nSPS) is 10.6. The van der Waals surface area contributed by atoms with Crippen LogP contribution in [-0.2, 0) is 4.79 Å². The van der Waals surface area contributed by atoms with Gasteiger partial charge in [-0.2, -0.15) is 5.26 Å². The van der Waals surface area contributed by atoms with E-state index in [0.717, 1.165) is 0 Å². The topological polar surface area (TPSA) is 99.4 Å². The number of ether oxygens (including phenoxy) is 1. The summed E-state index contributed by atoms with van der Waals surface area (Å²) in [5, 5.41) is 20.6. The first-order chi connectivity index (χ1) is 11.5. The Kier molecular flexibility index (Phi) is 5.32. The van der Waals surface area contributed by atoms with E-state index in [1.807, 2.05) is 6.07 Å². The highest BCUT2D eigenvalue weighted by Gasteiger charge is 2.11. The molecule has 2 aromatic rings. The van der Waals surface area contributed by atoms with Crippen LogP contribution in [0.25, 0.3) is 6.08 Å². The summed E-state index contributed by atoms with van der Waals surface area (Å²) < 4.78 is 5.18. The first-order valence-corrected chi connectivity index (χ1v) is 6.94. The average molecular weight is 322 g/mol. The number of aromatic carboxylic acids is 1. The van der Waals surface area contributed by atoms with Crippen LogP contribution in [-0.4, -0.2) is 24.1 Å². The van der Waals surface area contributed by atoms with E-state index < -0.39 is 11.9 Å². The lowest BCUT2D eigenvalue weighted by Gasteiger charge is -2.06. The van der Waals surface area contributed by atoms with E-state index >= 15 is 0 Å². The lowest BCUT2D eigenvalue weighted by atomic mass is 10.1. The fourth-order valence-corrected chi connectivity index (χ4v) is 1.98. The quantitative estimate of drug-likeness (QED) is 0.651. The highest BCUT2D eigenvalue weighted by atomic mass is 16.5. The molecule has 0 fully saturated rings. The van der Waals surface area contributed by atoms with Gasteiger partial charge in [0, 0.05) is 11.3 Å². The largest absolute Gasteiger partial charge is 0.496 e. The van der Waals surface area contributed by atoms with Crippen LogP contribution in [0.2, 0.25) is 0 Å². The maximum Gasteiger partial charge on any atom is 0.335 e. The van der Waals surface area contributed by atoms with Crippen molar-refractivity contribution in [3.05, 3.63) is 65.2 Å². The molecule has 0 atom stereocenters. The predicted octanol–water partition coefficient (Wildman–Crippen LogP) is 2.94. The monoisotopic (exact) mass is 322 g/mol. The second kappa shape index (κ2) is 7.61. The summed E-state index contributed by atoms with van der Waals surface area (Å²) in [6.07, 6.45) is 1.43. The Hall–Kier alpha value is -3.59. The number of methoxy groups -OCH3 is 1.